The van der Waals surface area contributed by atoms with Gasteiger partial charge in [0.05, 0.1) is 0 Å². The topological polar surface area (TPSA) is 12.0 Å². The molecule has 2 aliphatic rings. The summed E-state index contributed by atoms with van der Waals surface area (Å²) in [6.45, 7) is 6.76. The van der Waals surface area contributed by atoms with Gasteiger partial charge >= 0.3 is 0 Å². The Hall–Kier alpha value is -0.820. The first-order valence-corrected chi connectivity index (χ1v) is 8.47. The third kappa shape index (κ3) is 2.41. The van der Waals surface area contributed by atoms with Gasteiger partial charge in [-0.2, -0.15) is 0 Å². The normalized spacial score (nSPS) is 23.5. The highest BCUT2D eigenvalue weighted by molar-refractivity contribution is 5.37. The quantitative estimate of drug-likeness (QED) is 0.844. The van der Waals surface area contributed by atoms with Gasteiger partial charge in [0.2, 0.25) is 0 Å². The summed E-state index contributed by atoms with van der Waals surface area (Å²) in [4.78, 5) is 0. The molecule has 0 heterocycles. The van der Waals surface area contributed by atoms with Crippen molar-refractivity contribution in [2.45, 2.75) is 64.2 Å². The van der Waals surface area contributed by atoms with Crippen molar-refractivity contribution in [3.05, 3.63) is 35.4 Å². The number of hydrogen-bond acceptors (Lipinski definition) is 1. The second-order valence-electron chi connectivity index (χ2n) is 7.29. The average Bonchev–Trinajstić information content (AvgIpc) is 2.44. The molecule has 0 amide bonds. The molecule has 2 fully saturated rings. The Balaban J connectivity index is 1.83. The SMILES string of the molecule is CCNCC1(c2ccccc2C)CC2(CCCCC2)C1. The summed E-state index contributed by atoms with van der Waals surface area (Å²) in [5, 5.41) is 3.64. The molecule has 110 valence electrons. The zero-order valence-electron chi connectivity index (χ0n) is 13.2. The van der Waals surface area contributed by atoms with E-state index >= 15 is 0 Å². The molecular weight excluding hydrogens is 242 g/mol. The average molecular weight is 271 g/mol. The Morgan fingerprint density at radius 2 is 1.75 bits per heavy atom. The molecule has 1 aromatic rings. The summed E-state index contributed by atoms with van der Waals surface area (Å²) in [5.74, 6) is 0. The van der Waals surface area contributed by atoms with Crippen LogP contribution in [0, 0.1) is 12.3 Å². The molecule has 0 radical (unpaired) electrons. The summed E-state index contributed by atoms with van der Waals surface area (Å²) < 4.78 is 0. The van der Waals surface area contributed by atoms with Crippen molar-refractivity contribution in [3.63, 3.8) is 0 Å². The van der Waals surface area contributed by atoms with Crippen LogP contribution in [-0.2, 0) is 5.41 Å². The first-order valence-electron chi connectivity index (χ1n) is 8.47. The highest BCUT2D eigenvalue weighted by Crippen LogP contribution is 2.62. The molecule has 0 bridgehead atoms. The summed E-state index contributed by atoms with van der Waals surface area (Å²) in [5.41, 5.74) is 4.20. The van der Waals surface area contributed by atoms with Crippen LogP contribution >= 0.6 is 0 Å². The van der Waals surface area contributed by atoms with Gasteiger partial charge in [0.15, 0.2) is 0 Å². The van der Waals surface area contributed by atoms with E-state index in [1.807, 2.05) is 0 Å². The lowest BCUT2D eigenvalue weighted by Crippen LogP contribution is -2.55. The van der Waals surface area contributed by atoms with Crippen LogP contribution in [0.4, 0.5) is 0 Å². The number of hydrogen-bond donors (Lipinski definition) is 1. The third-order valence-corrected chi connectivity index (χ3v) is 5.77. The number of nitrogens with one attached hydrogen (secondary N) is 1. The van der Waals surface area contributed by atoms with Crippen LogP contribution in [0.25, 0.3) is 0 Å². The second kappa shape index (κ2) is 5.52. The van der Waals surface area contributed by atoms with Crippen LogP contribution in [0.5, 0.6) is 0 Å². The summed E-state index contributed by atoms with van der Waals surface area (Å²) in [6, 6.07) is 9.06. The molecule has 0 atom stereocenters. The first kappa shape index (κ1) is 14.1. The van der Waals surface area contributed by atoms with E-state index in [-0.39, 0.29) is 0 Å². The maximum absolute atomic E-state index is 3.64. The Labute approximate surface area is 124 Å². The lowest BCUT2D eigenvalue weighted by Gasteiger charge is -2.59. The fourth-order valence-electron chi connectivity index (χ4n) is 4.98. The Morgan fingerprint density at radius 1 is 1.05 bits per heavy atom. The van der Waals surface area contributed by atoms with Crippen molar-refractivity contribution in [3.8, 4) is 0 Å². The minimum absolute atomic E-state index is 0.415. The van der Waals surface area contributed by atoms with Crippen molar-refractivity contribution in [1.82, 2.24) is 5.32 Å². The lowest BCUT2D eigenvalue weighted by molar-refractivity contribution is -0.0128. The Bertz CT molecular complexity index is 449. The third-order valence-electron chi connectivity index (χ3n) is 5.77. The largest absolute Gasteiger partial charge is 0.316 e. The molecule has 1 N–H and O–H groups in total. The first-order chi connectivity index (χ1) is 9.70. The van der Waals surface area contributed by atoms with Crippen LogP contribution in [-0.4, -0.2) is 13.1 Å². The van der Waals surface area contributed by atoms with E-state index in [1.165, 1.54) is 50.5 Å². The molecule has 20 heavy (non-hydrogen) atoms. The van der Waals surface area contributed by atoms with Crippen molar-refractivity contribution < 1.29 is 0 Å². The molecule has 1 spiro atoms. The predicted octanol–water partition coefficient (Wildman–Crippen LogP) is 4.59. The molecule has 1 heteroatoms. The van der Waals surface area contributed by atoms with Gasteiger partial charge in [0.1, 0.15) is 0 Å². The summed E-state index contributed by atoms with van der Waals surface area (Å²) in [7, 11) is 0. The van der Waals surface area contributed by atoms with E-state index in [0.717, 1.165) is 13.1 Å². The van der Waals surface area contributed by atoms with Crippen LogP contribution < -0.4 is 5.32 Å². The van der Waals surface area contributed by atoms with Crippen molar-refractivity contribution in [2.75, 3.05) is 13.1 Å². The van der Waals surface area contributed by atoms with E-state index in [4.69, 9.17) is 0 Å². The standard InChI is InChI=1S/C19H29N/c1-3-20-15-19(17-10-6-5-9-16(17)2)13-18(14-19)11-7-4-8-12-18/h5-6,9-10,20H,3-4,7-8,11-15H2,1-2H3. The minimum Gasteiger partial charge on any atom is -0.316 e. The van der Waals surface area contributed by atoms with Crippen LogP contribution in [0.2, 0.25) is 0 Å². The molecule has 1 nitrogen and oxygen atoms in total. The molecule has 0 unspecified atom stereocenters. The van der Waals surface area contributed by atoms with Crippen LogP contribution in [0.3, 0.4) is 0 Å². The molecule has 0 aromatic heterocycles. The molecule has 0 saturated heterocycles. The highest BCUT2D eigenvalue weighted by Gasteiger charge is 2.54. The maximum atomic E-state index is 3.64. The minimum atomic E-state index is 0.415. The van der Waals surface area contributed by atoms with Gasteiger partial charge in [0.25, 0.3) is 0 Å². The molecule has 3 rings (SSSR count). The predicted molar refractivity (Wildman–Crippen MR) is 86.2 cm³/mol. The lowest BCUT2D eigenvalue weighted by atomic mass is 9.46. The van der Waals surface area contributed by atoms with E-state index in [9.17, 15) is 0 Å². The van der Waals surface area contributed by atoms with Gasteiger partial charge in [-0.25, -0.2) is 0 Å². The number of benzene rings is 1. The molecule has 1 aromatic carbocycles. The molecule has 2 saturated carbocycles. The fourth-order valence-corrected chi connectivity index (χ4v) is 4.98. The van der Waals surface area contributed by atoms with Gasteiger partial charge in [0, 0.05) is 12.0 Å². The zero-order valence-corrected chi connectivity index (χ0v) is 13.2. The smallest absolute Gasteiger partial charge is 0.00909 e. The van der Waals surface area contributed by atoms with E-state index < -0.39 is 0 Å². The zero-order chi connectivity index (χ0) is 14.1. The van der Waals surface area contributed by atoms with Crippen LogP contribution in [0.1, 0.15) is 63.0 Å². The van der Waals surface area contributed by atoms with Crippen LogP contribution in [0.15, 0.2) is 24.3 Å². The molecular formula is C19H29N. The van der Waals surface area contributed by atoms with Gasteiger partial charge in [-0.1, -0.05) is 50.5 Å². The van der Waals surface area contributed by atoms with Crippen molar-refractivity contribution in [1.29, 1.82) is 0 Å². The van der Waals surface area contributed by atoms with E-state index in [0.29, 0.717) is 10.8 Å². The van der Waals surface area contributed by atoms with Gasteiger partial charge in [-0.3, -0.25) is 0 Å². The Morgan fingerprint density at radius 3 is 2.40 bits per heavy atom. The second-order valence-corrected chi connectivity index (χ2v) is 7.29. The maximum Gasteiger partial charge on any atom is 0.00909 e. The van der Waals surface area contributed by atoms with E-state index in [1.54, 1.807) is 5.56 Å². The van der Waals surface area contributed by atoms with Crippen molar-refractivity contribution >= 4 is 0 Å². The summed E-state index contributed by atoms with van der Waals surface area (Å²) >= 11 is 0. The number of likely N-dealkylation sites (N-methyl/N-ethyl adjacent to an activating group) is 1. The molecule has 2 aliphatic carbocycles. The fraction of sp³-hybridized carbons (Fsp3) is 0.684. The van der Waals surface area contributed by atoms with Gasteiger partial charge in [-0.15, -0.1) is 0 Å². The highest BCUT2D eigenvalue weighted by atomic mass is 14.9. The van der Waals surface area contributed by atoms with Crippen molar-refractivity contribution in [2.24, 2.45) is 5.41 Å². The number of aryl methyl sites for hydroxylation is 1. The van der Waals surface area contributed by atoms with Gasteiger partial charge < -0.3 is 5.32 Å². The Kier molecular flexibility index (Phi) is 3.90. The van der Waals surface area contributed by atoms with Gasteiger partial charge in [-0.05, 0) is 55.7 Å². The van der Waals surface area contributed by atoms with E-state index in [2.05, 4.69) is 43.4 Å². The monoisotopic (exact) mass is 271 g/mol. The molecule has 0 aliphatic heterocycles. The summed E-state index contributed by atoms with van der Waals surface area (Å²) in [6.07, 6.45) is 10.2. The number of rotatable bonds is 4.